The zero-order valence-corrected chi connectivity index (χ0v) is 9.47. The summed E-state index contributed by atoms with van der Waals surface area (Å²) in [6.45, 7) is 6.62. The smallest absolute Gasteiger partial charge is 0.212 e. The summed E-state index contributed by atoms with van der Waals surface area (Å²) in [5.41, 5.74) is 0. The van der Waals surface area contributed by atoms with Gasteiger partial charge >= 0.3 is 0 Å². The van der Waals surface area contributed by atoms with E-state index in [4.69, 9.17) is 0 Å². The summed E-state index contributed by atoms with van der Waals surface area (Å²) >= 11 is 0. The lowest BCUT2D eigenvalue weighted by atomic mass is 10.0. The molecule has 0 amide bonds. The van der Waals surface area contributed by atoms with Gasteiger partial charge in [-0.3, -0.25) is 0 Å². The Morgan fingerprint density at radius 3 is 2.54 bits per heavy atom. The molecule has 78 valence electrons. The summed E-state index contributed by atoms with van der Waals surface area (Å²) in [6.07, 6.45) is 2.04. The van der Waals surface area contributed by atoms with Gasteiger partial charge in [-0.2, -0.15) is 4.31 Å². The van der Waals surface area contributed by atoms with Crippen molar-refractivity contribution in [2.75, 3.05) is 12.3 Å². The topological polar surface area (TPSA) is 37.4 Å². The lowest BCUT2D eigenvalue weighted by molar-refractivity contribution is 0.316. The Bertz CT molecular complexity index is 259. The van der Waals surface area contributed by atoms with Crippen LogP contribution >= 0.6 is 0 Å². The molecule has 0 aromatic carbocycles. The first kappa shape index (κ1) is 11.0. The highest BCUT2D eigenvalue weighted by Gasteiger charge is 2.34. The molecule has 1 heterocycles. The molecule has 1 fully saturated rings. The van der Waals surface area contributed by atoms with Gasteiger partial charge < -0.3 is 0 Å². The molecule has 0 radical (unpaired) electrons. The maximum absolute atomic E-state index is 11.6. The van der Waals surface area contributed by atoms with Crippen LogP contribution in [-0.4, -0.2) is 31.1 Å². The first-order valence-electron chi connectivity index (χ1n) is 4.98. The SMILES string of the molecule is CCS(=O)(=O)N1CCCC1C(C)C. The molecule has 0 aliphatic carbocycles. The summed E-state index contributed by atoms with van der Waals surface area (Å²) in [6, 6.07) is 0.241. The average molecular weight is 205 g/mol. The second kappa shape index (κ2) is 3.96. The van der Waals surface area contributed by atoms with Crippen LogP contribution in [0.5, 0.6) is 0 Å². The molecule has 1 rings (SSSR count). The van der Waals surface area contributed by atoms with Crippen molar-refractivity contribution in [3.63, 3.8) is 0 Å². The Morgan fingerprint density at radius 1 is 1.46 bits per heavy atom. The van der Waals surface area contributed by atoms with Gasteiger partial charge in [0.1, 0.15) is 0 Å². The first-order chi connectivity index (χ1) is 5.99. The van der Waals surface area contributed by atoms with Crippen LogP contribution < -0.4 is 0 Å². The molecule has 1 atom stereocenters. The van der Waals surface area contributed by atoms with E-state index in [0.717, 1.165) is 19.4 Å². The van der Waals surface area contributed by atoms with E-state index in [1.54, 1.807) is 11.2 Å². The van der Waals surface area contributed by atoms with Gasteiger partial charge in [-0.25, -0.2) is 8.42 Å². The Morgan fingerprint density at radius 2 is 2.08 bits per heavy atom. The van der Waals surface area contributed by atoms with Crippen molar-refractivity contribution >= 4 is 10.0 Å². The molecule has 1 unspecified atom stereocenters. The van der Waals surface area contributed by atoms with Crippen LogP contribution in [0.3, 0.4) is 0 Å². The highest BCUT2D eigenvalue weighted by molar-refractivity contribution is 7.89. The van der Waals surface area contributed by atoms with Crippen molar-refractivity contribution in [2.24, 2.45) is 5.92 Å². The van der Waals surface area contributed by atoms with E-state index in [2.05, 4.69) is 13.8 Å². The van der Waals surface area contributed by atoms with Crippen LogP contribution in [0.25, 0.3) is 0 Å². The summed E-state index contributed by atoms with van der Waals surface area (Å²) in [5, 5.41) is 0. The normalized spacial score (nSPS) is 25.7. The lowest BCUT2D eigenvalue weighted by Gasteiger charge is -2.26. The van der Waals surface area contributed by atoms with Gasteiger partial charge in [0.25, 0.3) is 0 Å². The van der Waals surface area contributed by atoms with Gasteiger partial charge in [0.2, 0.25) is 10.0 Å². The van der Waals surface area contributed by atoms with E-state index in [9.17, 15) is 8.42 Å². The van der Waals surface area contributed by atoms with E-state index in [0.29, 0.717) is 5.92 Å². The fourth-order valence-corrected chi connectivity index (χ4v) is 3.44. The summed E-state index contributed by atoms with van der Waals surface area (Å²) in [7, 11) is -2.96. The lowest BCUT2D eigenvalue weighted by Crippen LogP contribution is -2.39. The van der Waals surface area contributed by atoms with Crippen molar-refractivity contribution < 1.29 is 8.42 Å². The van der Waals surface area contributed by atoms with Crippen molar-refractivity contribution in [3.8, 4) is 0 Å². The first-order valence-corrected chi connectivity index (χ1v) is 6.59. The van der Waals surface area contributed by atoms with Gasteiger partial charge in [0, 0.05) is 12.6 Å². The van der Waals surface area contributed by atoms with E-state index in [1.807, 2.05) is 0 Å². The highest BCUT2D eigenvalue weighted by atomic mass is 32.2. The zero-order valence-electron chi connectivity index (χ0n) is 8.66. The van der Waals surface area contributed by atoms with Crippen LogP contribution in [0, 0.1) is 5.92 Å². The van der Waals surface area contributed by atoms with E-state index in [1.165, 1.54) is 0 Å². The summed E-state index contributed by atoms with van der Waals surface area (Å²) in [4.78, 5) is 0. The van der Waals surface area contributed by atoms with Crippen LogP contribution in [0.15, 0.2) is 0 Å². The number of hydrogen-bond acceptors (Lipinski definition) is 2. The van der Waals surface area contributed by atoms with Crippen molar-refractivity contribution in [3.05, 3.63) is 0 Å². The predicted octanol–water partition coefficient (Wildman–Crippen LogP) is 1.46. The molecule has 0 saturated carbocycles. The minimum absolute atomic E-state index is 0.232. The number of nitrogens with zero attached hydrogens (tertiary/aromatic N) is 1. The third-order valence-electron chi connectivity index (χ3n) is 2.74. The van der Waals surface area contributed by atoms with Crippen LogP contribution in [-0.2, 0) is 10.0 Å². The van der Waals surface area contributed by atoms with Crippen molar-refractivity contribution in [2.45, 2.75) is 39.7 Å². The summed E-state index contributed by atoms with van der Waals surface area (Å²) in [5.74, 6) is 0.666. The molecule has 13 heavy (non-hydrogen) atoms. The molecular formula is C9H19NO2S. The standard InChI is InChI=1S/C9H19NO2S/c1-4-13(11,12)10-7-5-6-9(10)8(2)3/h8-9H,4-7H2,1-3H3. The van der Waals surface area contributed by atoms with Gasteiger partial charge in [0.15, 0.2) is 0 Å². The second-order valence-electron chi connectivity index (χ2n) is 3.96. The largest absolute Gasteiger partial charge is 0.214 e. The number of rotatable bonds is 3. The van der Waals surface area contributed by atoms with Crippen LogP contribution in [0.1, 0.15) is 33.6 Å². The van der Waals surface area contributed by atoms with Crippen molar-refractivity contribution in [1.29, 1.82) is 0 Å². The maximum atomic E-state index is 11.6. The van der Waals surface area contributed by atoms with Crippen LogP contribution in [0.2, 0.25) is 0 Å². The highest BCUT2D eigenvalue weighted by Crippen LogP contribution is 2.26. The molecule has 1 aliphatic heterocycles. The Hall–Kier alpha value is -0.0900. The molecule has 0 bridgehead atoms. The predicted molar refractivity (Wildman–Crippen MR) is 54.0 cm³/mol. The molecule has 4 heteroatoms. The molecule has 0 aromatic rings. The molecular weight excluding hydrogens is 186 g/mol. The Kier molecular flexibility index (Phi) is 3.35. The molecule has 0 N–H and O–H groups in total. The van der Waals surface area contributed by atoms with Crippen LogP contribution in [0.4, 0.5) is 0 Å². The number of hydrogen-bond donors (Lipinski definition) is 0. The third kappa shape index (κ3) is 2.23. The monoisotopic (exact) mass is 205 g/mol. The van der Waals surface area contributed by atoms with Gasteiger partial charge in [-0.1, -0.05) is 13.8 Å². The molecule has 0 spiro atoms. The van der Waals surface area contributed by atoms with Gasteiger partial charge in [-0.15, -0.1) is 0 Å². The Labute approximate surface area is 81.2 Å². The fraction of sp³-hybridized carbons (Fsp3) is 1.00. The summed E-state index contributed by atoms with van der Waals surface area (Å²) < 4.78 is 25.0. The molecule has 1 saturated heterocycles. The molecule has 1 aliphatic rings. The van der Waals surface area contributed by atoms with E-state index < -0.39 is 10.0 Å². The minimum Gasteiger partial charge on any atom is -0.212 e. The van der Waals surface area contributed by atoms with Gasteiger partial charge in [0.05, 0.1) is 5.75 Å². The molecule has 0 aromatic heterocycles. The Balaban J connectivity index is 2.80. The van der Waals surface area contributed by atoms with Gasteiger partial charge in [-0.05, 0) is 25.7 Å². The second-order valence-corrected chi connectivity index (χ2v) is 6.18. The minimum atomic E-state index is -2.96. The quantitative estimate of drug-likeness (QED) is 0.699. The fourth-order valence-electron chi connectivity index (χ4n) is 1.94. The molecule has 3 nitrogen and oxygen atoms in total. The third-order valence-corrected chi connectivity index (χ3v) is 4.64. The van der Waals surface area contributed by atoms with Crippen molar-refractivity contribution in [1.82, 2.24) is 4.31 Å². The maximum Gasteiger partial charge on any atom is 0.214 e. The average Bonchev–Trinajstić information content (AvgIpc) is 2.52. The number of sulfonamides is 1. The van der Waals surface area contributed by atoms with E-state index in [-0.39, 0.29) is 11.8 Å². The van der Waals surface area contributed by atoms with E-state index >= 15 is 0 Å². The zero-order chi connectivity index (χ0) is 10.1.